The number of rotatable bonds is 6. The number of fused-ring (bicyclic) bond motifs is 4. The summed E-state index contributed by atoms with van der Waals surface area (Å²) < 4.78 is 24.3. The first kappa shape index (κ1) is 32.4. The first-order chi connectivity index (χ1) is 22.2. The highest BCUT2D eigenvalue weighted by Crippen LogP contribution is 2.68. The maximum Gasteiger partial charge on any atom is 0.345 e. The Morgan fingerprint density at radius 3 is 2.53 bits per heavy atom. The number of esters is 2. The predicted molar refractivity (Wildman–Crippen MR) is 167 cm³/mol. The number of non-ortho nitro benzene ring substituents is 1. The van der Waals surface area contributed by atoms with Crippen molar-refractivity contribution in [3.8, 4) is 17.1 Å². The molecule has 2 unspecified atom stereocenters. The van der Waals surface area contributed by atoms with E-state index in [1.165, 1.54) is 31.2 Å². The maximum atomic E-state index is 13.7. The Morgan fingerprint density at radius 1 is 1.17 bits per heavy atom. The average Bonchev–Trinajstić information content (AvgIpc) is 3.03. The third-order valence-corrected chi connectivity index (χ3v) is 11.2. The Hall–Kier alpha value is -4.58. The van der Waals surface area contributed by atoms with E-state index in [1.54, 1.807) is 37.5 Å². The second-order valence-corrected chi connectivity index (χ2v) is 13.8. The van der Waals surface area contributed by atoms with Crippen molar-refractivity contribution in [2.24, 2.45) is 28.6 Å². The minimum atomic E-state index is -1.34. The first-order valence-corrected chi connectivity index (χ1v) is 15.7. The van der Waals surface area contributed by atoms with Gasteiger partial charge in [-0.1, -0.05) is 20.8 Å². The average molecular weight is 647 g/mol. The molecule has 2 fully saturated rings. The van der Waals surface area contributed by atoms with Gasteiger partial charge in [-0.15, -0.1) is 0 Å². The number of ether oxygens (including phenoxy) is 3. The van der Waals surface area contributed by atoms with Crippen molar-refractivity contribution < 1.29 is 38.2 Å². The van der Waals surface area contributed by atoms with Gasteiger partial charge in [-0.25, -0.2) is 9.59 Å². The highest BCUT2D eigenvalue weighted by Gasteiger charge is 2.70. The Bertz CT molecular complexity index is 1780. The third-order valence-electron chi connectivity index (χ3n) is 11.2. The van der Waals surface area contributed by atoms with Crippen LogP contribution in [-0.2, 0) is 14.3 Å². The lowest BCUT2D eigenvalue weighted by molar-refractivity contribution is -0.384. The van der Waals surface area contributed by atoms with Crippen molar-refractivity contribution in [1.82, 2.24) is 4.98 Å². The number of benzene rings is 1. The predicted octanol–water partition coefficient (Wildman–Crippen LogP) is 5.66. The van der Waals surface area contributed by atoms with Crippen LogP contribution in [0.4, 0.5) is 5.69 Å². The molecule has 8 atom stereocenters. The molecular weight excluding hydrogens is 608 g/mol. The van der Waals surface area contributed by atoms with E-state index in [2.05, 4.69) is 25.8 Å². The van der Waals surface area contributed by atoms with Crippen LogP contribution in [-0.4, -0.2) is 45.3 Å². The summed E-state index contributed by atoms with van der Waals surface area (Å²) in [6, 6.07) is 10.1. The third kappa shape index (κ3) is 5.28. The first-order valence-electron chi connectivity index (χ1n) is 15.7. The highest BCUT2D eigenvalue weighted by molar-refractivity contribution is 5.89. The quantitative estimate of drug-likeness (QED) is 0.199. The van der Waals surface area contributed by atoms with Gasteiger partial charge < -0.3 is 23.7 Å². The number of nitro benzene ring substituents is 1. The smallest absolute Gasteiger partial charge is 0.345 e. The molecule has 47 heavy (non-hydrogen) atoms. The summed E-state index contributed by atoms with van der Waals surface area (Å²) in [6.45, 7) is 9.50. The zero-order valence-electron chi connectivity index (χ0n) is 26.9. The van der Waals surface area contributed by atoms with Crippen molar-refractivity contribution in [2.75, 3.05) is 6.61 Å². The van der Waals surface area contributed by atoms with Gasteiger partial charge in [0.05, 0.1) is 23.2 Å². The summed E-state index contributed by atoms with van der Waals surface area (Å²) in [5, 5.41) is 23.4. The van der Waals surface area contributed by atoms with Crippen LogP contribution in [0.2, 0.25) is 0 Å². The number of hydrogen-bond donors (Lipinski definition) is 1. The fraction of sp³-hybridized carbons (Fsp3) is 0.486. The summed E-state index contributed by atoms with van der Waals surface area (Å²) in [7, 11) is 0. The molecule has 3 aromatic rings. The zero-order valence-corrected chi connectivity index (χ0v) is 26.9. The normalized spacial score (nSPS) is 32.5. The molecule has 12 nitrogen and oxygen atoms in total. The molecule has 6 rings (SSSR count). The van der Waals surface area contributed by atoms with Crippen molar-refractivity contribution in [2.45, 2.75) is 71.7 Å². The molecule has 2 aliphatic carbocycles. The van der Waals surface area contributed by atoms with Crippen molar-refractivity contribution >= 4 is 17.6 Å². The standard InChI is InChI=1S/C35H38N2O10/c1-19-12-13-33(3)26(34(19,4)18-44-20(2)38)16-27(46-31(40)21-8-10-23(11-9-21)37(42)43)35(5)30(33)29(39)28-25(47-35)15-24(45-32(28)41)22-7-6-14-36-17-22/h6-11,14-15,17,19,26-27,29-30,39H,12-13,16,18H2,1-5H3/t19-,26?,27-,29-,30?,33-,34+,35+/m0/s1. The second-order valence-electron chi connectivity index (χ2n) is 13.8. The monoisotopic (exact) mass is 646 g/mol. The van der Waals surface area contributed by atoms with Crippen LogP contribution in [0.15, 0.2) is 64.1 Å². The molecule has 0 spiro atoms. The van der Waals surface area contributed by atoms with Crippen LogP contribution >= 0.6 is 0 Å². The molecule has 3 heterocycles. The summed E-state index contributed by atoms with van der Waals surface area (Å²) in [5.74, 6) is -1.68. The number of carbonyl (C=O) groups is 2. The number of pyridine rings is 1. The van der Waals surface area contributed by atoms with Gasteiger partial charge in [-0.05, 0) is 67.7 Å². The van der Waals surface area contributed by atoms with Gasteiger partial charge in [-0.3, -0.25) is 19.9 Å². The van der Waals surface area contributed by atoms with Crippen molar-refractivity contribution in [1.29, 1.82) is 0 Å². The van der Waals surface area contributed by atoms with E-state index in [1.807, 2.05) is 0 Å². The molecule has 1 aromatic carbocycles. The minimum Gasteiger partial charge on any atom is -0.482 e. The fourth-order valence-corrected chi connectivity index (χ4v) is 8.61. The molecule has 1 N–H and O–H groups in total. The number of aliphatic hydroxyl groups excluding tert-OH is 1. The molecule has 2 aromatic heterocycles. The van der Waals surface area contributed by atoms with Gasteiger partial charge in [0.15, 0.2) is 0 Å². The van der Waals surface area contributed by atoms with Gasteiger partial charge in [0.1, 0.15) is 28.8 Å². The highest BCUT2D eigenvalue weighted by atomic mass is 16.6. The SMILES string of the molecule is CC(=O)OC[C@@]1(C)C2C[C@H](OC(=O)c3ccc([N+](=O)[O-])cc3)[C@@]3(C)Oc4cc(-c5cccnc5)oc(=O)c4[C@H](O)C3[C@@]2(C)CC[C@@H]1C. The van der Waals surface area contributed by atoms with E-state index >= 15 is 0 Å². The van der Waals surface area contributed by atoms with Crippen LogP contribution in [0.5, 0.6) is 5.75 Å². The van der Waals surface area contributed by atoms with Crippen LogP contribution in [0.25, 0.3) is 11.3 Å². The summed E-state index contributed by atoms with van der Waals surface area (Å²) in [6.07, 6.45) is 2.60. The van der Waals surface area contributed by atoms with E-state index in [0.717, 1.165) is 6.42 Å². The summed E-state index contributed by atoms with van der Waals surface area (Å²) >= 11 is 0. The van der Waals surface area contributed by atoms with Crippen molar-refractivity contribution in [3.63, 3.8) is 0 Å². The Balaban J connectivity index is 1.48. The molecule has 0 saturated heterocycles. The molecule has 2 saturated carbocycles. The van der Waals surface area contributed by atoms with Gasteiger partial charge in [0, 0.05) is 54.4 Å². The largest absolute Gasteiger partial charge is 0.482 e. The lowest BCUT2D eigenvalue weighted by atomic mass is 9.41. The minimum absolute atomic E-state index is 0.0113. The van der Waals surface area contributed by atoms with Gasteiger partial charge in [0.25, 0.3) is 5.69 Å². The molecule has 0 radical (unpaired) electrons. The van der Waals surface area contributed by atoms with Crippen LogP contribution in [0.3, 0.4) is 0 Å². The number of aromatic nitrogens is 1. The molecule has 12 heteroatoms. The van der Waals surface area contributed by atoms with Crippen LogP contribution < -0.4 is 10.4 Å². The zero-order chi connectivity index (χ0) is 33.9. The van der Waals surface area contributed by atoms with E-state index < -0.39 is 57.0 Å². The Kier molecular flexibility index (Phi) is 7.98. The molecule has 248 valence electrons. The summed E-state index contributed by atoms with van der Waals surface area (Å²) in [4.78, 5) is 54.0. The summed E-state index contributed by atoms with van der Waals surface area (Å²) in [5.41, 5.74) is -2.83. The van der Waals surface area contributed by atoms with Gasteiger partial charge >= 0.3 is 17.6 Å². The van der Waals surface area contributed by atoms with Crippen LogP contribution in [0.1, 0.15) is 75.9 Å². The number of nitro groups is 1. The molecule has 1 aliphatic heterocycles. The lowest BCUT2D eigenvalue weighted by Gasteiger charge is -2.66. The second kappa shape index (κ2) is 11.6. The maximum absolute atomic E-state index is 13.7. The Labute approximate surface area is 271 Å². The van der Waals surface area contributed by atoms with Crippen molar-refractivity contribution in [3.05, 3.63) is 86.5 Å². The number of nitrogens with zero attached hydrogens (tertiary/aromatic N) is 2. The number of carbonyl (C=O) groups excluding carboxylic acids is 2. The lowest BCUT2D eigenvalue weighted by Crippen LogP contribution is -2.70. The van der Waals surface area contributed by atoms with E-state index in [9.17, 15) is 29.6 Å². The molecule has 0 bridgehead atoms. The van der Waals surface area contributed by atoms with Gasteiger partial charge in [-0.2, -0.15) is 0 Å². The Morgan fingerprint density at radius 2 is 1.89 bits per heavy atom. The van der Waals surface area contributed by atoms with E-state index in [0.29, 0.717) is 18.4 Å². The van der Waals surface area contributed by atoms with Crippen LogP contribution in [0, 0.1) is 38.7 Å². The fourth-order valence-electron chi connectivity index (χ4n) is 8.61. The topological polar surface area (TPSA) is 168 Å². The van der Waals surface area contributed by atoms with E-state index in [4.69, 9.17) is 18.6 Å². The van der Waals surface area contributed by atoms with Gasteiger partial charge in [0.2, 0.25) is 0 Å². The number of aliphatic hydroxyl groups is 1. The molecule has 3 aliphatic rings. The van der Waals surface area contributed by atoms with E-state index in [-0.39, 0.29) is 46.8 Å². The number of hydrogen-bond acceptors (Lipinski definition) is 11. The molecular formula is C35H38N2O10. The molecule has 0 amide bonds.